The minimum Gasteiger partial charge on any atom is -0.316 e. The lowest BCUT2D eigenvalue weighted by atomic mass is 9.95. The molecule has 2 nitrogen and oxygen atoms in total. The quantitative estimate of drug-likeness (QED) is 0.786. The number of halogens is 1. The fourth-order valence-electron chi connectivity index (χ4n) is 2.34. The summed E-state index contributed by atoms with van der Waals surface area (Å²) in [5, 5.41) is 7.00. The Morgan fingerprint density at radius 2 is 2.41 bits per heavy atom. The number of hydrogen-bond donors (Lipinski definition) is 2. The Morgan fingerprint density at radius 1 is 1.47 bits per heavy atom. The number of thiophene rings is 1. The lowest BCUT2D eigenvalue weighted by molar-refractivity contribution is 0.348. The van der Waals surface area contributed by atoms with Gasteiger partial charge in [-0.3, -0.25) is 0 Å². The van der Waals surface area contributed by atoms with Gasteiger partial charge < -0.3 is 10.6 Å². The van der Waals surface area contributed by atoms with Crippen LogP contribution in [0.2, 0.25) is 0 Å². The molecule has 0 saturated carbocycles. The first-order chi connectivity index (χ1) is 8.34. The maximum absolute atomic E-state index is 3.52. The highest BCUT2D eigenvalue weighted by atomic mass is 79.9. The van der Waals surface area contributed by atoms with Crippen LogP contribution in [0.5, 0.6) is 0 Å². The zero-order chi connectivity index (χ0) is 11.9. The topological polar surface area (TPSA) is 24.1 Å². The summed E-state index contributed by atoms with van der Waals surface area (Å²) in [6, 6.07) is 4.31. The van der Waals surface area contributed by atoms with E-state index in [1.54, 1.807) is 0 Å². The predicted molar refractivity (Wildman–Crippen MR) is 78.6 cm³/mol. The largest absolute Gasteiger partial charge is 0.316 e. The standard InChI is InChI=1S/C13H21BrN2S/c14-13-6-5-12(17-13)10-16-8-2-4-11-3-1-7-15-9-11/h5-6,11,15-16H,1-4,7-10H2. The van der Waals surface area contributed by atoms with E-state index < -0.39 is 0 Å². The predicted octanol–water partition coefficient (Wildman–Crippen LogP) is 3.38. The molecule has 2 rings (SSSR count). The molecule has 0 bridgehead atoms. The molecule has 0 aromatic carbocycles. The van der Waals surface area contributed by atoms with Crippen molar-refractivity contribution in [2.24, 2.45) is 5.92 Å². The zero-order valence-electron chi connectivity index (χ0n) is 10.2. The summed E-state index contributed by atoms with van der Waals surface area (Å²) in [6.07, 6.45) is 5.46. The molecule has 0 spiro atoms. The Kier molecular flexibility index (Phi) is 5.98. The molecule has 1 aliphatic heterocycles. The normalized spacial score (nSPS) is 20.6. The van der Waals surface area contributed by atoms with E-state index >= 15 is 0 Å². The van der Waals surface area contributed by atoms with E-state index in [1.807, 2.05) is 11.3 Å². The second-order valence-corrected chi connectivity index (χ2v) is 7.28. The molecule has 4 heteroatoms. The Labute approximate surface area is 116 Å². The van der Waals surface area contributed by atoms with E-state index in [0.717, 1.165) is 19.0 Å². The molecule has 1 fully saturated rings. The molecule has 2 heterocycles. The van der Waals surface area contributed by atoms with Crippen LogP contribution >= 0.6 is 27.3 Å². The fraction of sp³-hybridized carbons (Fsp3) is 0.692. The molecule has 1 aromatic rings. The van der Waals surface area contributed by atoms with Crippen LogP contribution in [0.3, 0.4) is 0 Å². The summed E-state index contributed by atoms with van der Waals surface area (Å²) in [5.74, 6) is 0.918. The molecular formula is C13H21BrN2S. The average molecular weight is 317 g/mol. The van der Waals surface area contributed by atoms with Crippen LogP contribution in [0, 0.1) is 5.92 Å². The first kappa shape index (κ1) is 13.5. The lowest BCUT2D eigenvalue weighted by Gasteiger charge is -2.22. The third-order valence-corrected chi connectivity index (χ3v) is 4.92. The summed E-state index contributed by atoms with van der Waals surface area (Å²) in [4.78, 5) is 1.41. The van der Waals surface area contributed by atoms with Crippen molar-refractivity contribution in [3.8, 4) is 0 Å². The monoisotopic (exact) mass is 316 g/mol. The minimum atomic E-state index is 0.918. The number of hydrogen-bond acceptors (Lipinski definition) is 3. The van der Waals surface area contributed by atoms with E-state index in [1.165, 1.54) is 47.4 Å². The summed E-state index contributed by atoms with van der Waals surface area (Å²) in [7, 11) is 0. The van der Waals surface area contributed by atoms with Crippen molar-refractivity contribution in [2.75, 3.05) is 19.6 Å². The van der Waals surface area contributed by atoms with E-state index in [2.05, 4.69) is 38.7 Å². The van der Waals surface area contributed by atoms with Crippen LogP contribution in [0.15, 0.2) is 15.9 Å². The highest BCUT2D eigenvalue weighted by molar-refractivity contribution is 9.11. The summed E-state index contributed by atoms with van der Waals surface area (Å²) in [5.41, 5.74) is 0. The van der Waals surface area contributed by atoms with Gasteiger partial charge in [-0.2, -0.15) is 0 Å². The van der Waals surface area contributed by atoms with Crippen molar-refractivity contribution in [3.05, 3.63) is 20.8 Å². The third-order valence-electron chi connectivity index (χ3n) is 3.29. The van der Waals surface area contributed by atoms with Crippen LogP contribution in [-0.4, -0.2) is 19.6 Å². The van der Waals surface area contributed by atoms with Gasteiger partial charge in [0.2, 0.25) is 0 Å². The van der Waals surface area contributed by atoms with Crippen LogP contribution in [-0.2, 0) is 6.54 Å². The van der Waals surface area contributed by atoms with E-state index in [0.29, 0.717) is 0 Å². The Hall–Kier alpha value is 0.1000. The van der Waals surface area contributed by atoms with Crippen LogP contribution in [0.4, 0.5) is 0 Å². The molecule has 1 saturated heterocycles. The van der Waals surface area contributed by atoms with Gasteiger partial charge in [0.05, 0.1) is 3.79 Å². The molecule has 1 aromatic heterocycles. The molecule has 96 valence electrons. The van der Waals surface area contributed by atoms with Gasteiger partial charge in [-0.1, -0.05) is 0 Å². The molecular weight excluding hydrogens is 296 g/mol. The van der Waals surface area contributed by atoms with Crippen LogP contribution < -0.4 is 10.6 Å². The number of rotatable bonds is 6. The third kappa shape index (κ3) is 5.08. The van der Waals surface area contributed by atoms with Gasteiger partial charge >= 0.3 is 0 Å². The molecule has 1 aliphatic rings. The smallest absolute Gasteiger partial charge is 0.0701 e. The number of nitrogens with one attached hydrogen (secondary N) is 2. The van der Waals surface area contributed by atoms with Crippen molar-refractivity contribution in [1.29, 1.82) is 0 Å². The molecule has 1 unspecified atom stereocenters. The fourth-order valence-corrected chi connectivity index (χ4v) is 3.80. The average Bonchev–Trinajstić information content (AvgIpc) is 2.76. The summed E-state index contributed by atoms with van der Waals surface area (Å²) >= 11 is 5.31. The van der Waals surface area contributed by atoms with Gasteiger partial charge in [0.1, 0.15) is 0 Å². The Morgan fingerprint density at radius 3 is 3.12 bits per heavy atom. The van der Waals surface area contributed by atoms with Gasteiger partial charge in [-0.25, -0.2) is 0 Å². The van der Waals surface area contributed by atoms with Crippen molar-refractivity contribution in [2.45, 2.75) is 32.2 Å². The maximum Gasteiger partial charge on any atom is 0.0701 e. The van der Waals surface area contributed by atoms with E-state index in [4.69, 9.17) is 0 Å². The van der Waals surface area contributed by atoms with Crippen molar-refractivity contribution in [1.82, 2.24) is 10.6 Å². The highest BCUT2D eigenvalue weighted by Gasteiger charge is 2.11. The van der Waals surface area contributed by atoms with Gasteiger partial charge in [0.15, 0.2) is 0 Å². The zero-order valence-corrected chi connectivity index (χ0v) is 12.6. The first-order valence-corrected chi connectivity index (χ1v) is 8.11. The van der Waals surface area contributed by atoms with Crippen molar-refractivity contribution >= 4 is 27.3 Å². The Bertz CT molecular complexity index is 321. The van der Waals surface area contributed by atoms with Crippen LogP contribution in [0.25, 0.3) is 0 Å². The van der Waals surface area contributed by atoms with Crippen LogP contribution in [0.1, 0.15) is 30.6 Å². The second-order valence-electron chi connectivity index (χ2n) is 4.74. The van der Waals surface area contributed by atoms with Crippen molar-refractivity contribution < 1.29 is 0 Å². The molecule has 0 aliphatic carbocycles. The number of piperidine rings is 1. The highest BCUT2D eigenvalue weighted by Crippen LogP contribution is 2.21. The molecule has 1 atom stereocenters. The molecule has 2 N–H and O–H groups in total. The summed E-state index contributed by atoms with van der Waals surface area (Å²) < 4.78 is 1.22. The van der Waals surface area contributed by atoms with Gasteiger partial charge in [-0.05, 0) is 79.3 Å². The van der Waals surface area contributed by atoms with E-state index in [-0.39, 0.29) is 0 Å². The molecule has 0 amide bonds. The maximum atomic E-state index is 3.52. The Balaban J connectivity index is 1.51. The SMILES string of the molecule is Brc1ccc(CNCCCC2CCCNC2)s1. The minimum absolute atomic E-state index is 0.918. The van der Waals surface area contributed by atoms with Gasteiger partial charge in [0.25, 0.3) is 0 Å². The molecule has 0 radical (unpaired) electrons. The van der Waals surface area contributed by atoms with Gasteiger partial charge in [-0.15, -0.1) is 11.3 Å². The summed E-state index contributed by atoms with van der Waals surface area (Å²) in [6.45, 7) is 4.62. The van der Waals surface area contributed by atoms with Crippen molar-refractivity contribution in [3.63, 3.8) is 0 Å². The second kappa shape index (κ2) is 7.52. The molecule has 17 heavy (non-hydrogen) atoms. The van der Waals surface area contributed by atoms with E-state index in [9.17, 15) is 0 Å². The lowest BCUT2D eigenvalue weighted by Crippen LogP contribution is -2.30. The van der Waals surface area contributed by atoms with Gasteiger partial charge in [0, 0.05) is 11.4 Å². The first-order valence-electron chi connectivity index (χ1n) is 6.50.